The largest absolute Gasteiger partial charge is 0.435 e. The Balaban J connectivity index is 1.72. The number of halogens is 8. The van der Waals surface area contributed by atoms with Gasteiger partial charge in [-0.15, -0.1) is 0 Å². The van der Waals surface area contributed by atoms with Crippen LogP contribution in [-0.2, 0) is 22.2 Å². The van der Waals surface area contributed by atoms with Crippen LogP contribution >= 0.6 is 0 Å². The third-order valence-corrected chi connectivity index (χ3v) is 7.40. The van der Waals surface area contributed by atoms with Crippen molar-refractivity contribution in [2.24, 2.45) is 0 Å². The fourth-order valence-electron chi connectivity index (χ4n) is 3.40. The maximum atomic E-state index is 15.3. The second kappa shape index (κ2) is 8.25. The number of carbonyl (C=O) groups is 1. The van der Waals surface area contributed by atoms with Crippen molar-refractivity contribution >= 4 is 15.7 Å². The van der Waals surface area contributed by atoms with E-state index in [-0.39, 0.29) is 31.0 Å². The first-order valence-electron chi connectivity index (χ1n) is 9.28. The quantitative estimate of drug-likeness (QED) is 0.603. The molecule has 1 saturated carbocycles. The predicted octanol–water partition coefficient (Wildman–Crippen LogP) is 4.40. The summed E-state index contributed by atoms with van der Waals surface area (Å²) in [7, 11) is -5.04. The van der Waals surface area contributed by atoms with E-state index in [1.807, 2.05) is 5.10 Å². The first kappa shape index (κ1) is 24.9. The van der Waals surface area contributed by atoms with Crippen molar-refractivity contribution in [3.8, 4) is 0 Å². The maximum Gasteiger partial charge on any atom is 0.435 e. The molecule has 0 unspecified atom stereocenters. The minimum Gasteiger partial charge on any atom is -0.348 e. The zero-order valence-electron chi connectivity index (χ0n) is 16.3. The number of H-pyrrole nitrogens is 1. The van der Waals surface area contributed by atoms with Gasteiger partial charge in [-0.25, -0.2) is 17.2 Å². The van der Waals surface area contributed by atoms with E-state index >= 15 is 4.39 Å². The summed E-state index contributed by atoms with van der Waals surface area (Å²) in [5.41, 5.74) is -3.45. The van der Waals surface area contributed by atoms with Crippen molar-refractivity contribution in [2.45, 2.75) is 54.0 Å². The van der Waals surface area contributed by atoms with Crippen molar-refractivity contribution in [2.75, 3.05) is 0 Å². The highest BCUT2D eigenvalue weighted by Crippen LogP contribution is 2.42. The first-order valence-corrected chi connectivity index (χ1v) is 10.8. The molecule has 0 aliphatic heterocycles. The number of benzene rings is 1. The predicted molar refractivity (Wildman–Crippen MR) is 95.7 cm³/mol. The van der Waals surface area contributed by atoms with E-state index in [1.165, 1.54) is 0 Å². The number of aromatic nitrogens is 2. The standard InChI is InChI=1S/C18H15F8N3O3S/c19-10-5-9(17(21,22)23)6-12(7-10)33(31,32)16(20)3-1-11(2-4-16)27-15(30)13-8-14(29-28-13)18(24,25)26/h5-8,11H,1-4H2,(H,27,30)(H,28,29)/t11-,16+. The number of amides is 1. The van der Waals surface area contributed by atoms with Crippen LogP contribution in [0.5, 0.6) is 0 Å². The number of rotatable bonds is 4. The van der Waals surface area contributed by atoms with Crippen molar-refractivity contribution < 1.29 is 48.3 Å². The highest BCUT2D eigenvalue weighted by atomic mass is 32.2. The summed E-state index contributed by atoms with van der Waals surface area (Å²) in [5.74, 6) is -2.50. The molecule has 6 nitrogen and oxygen atoms in total. The van der Waals surface area contributed by atoms with Crippen LogP contribution < -0.4 is 5.32 Å². The van der Waals surface area contributed by atoms with Gasteiger partial charge in [0.05, 0.1) is 10.5 Å². The molecule has 3 rings (SSSR count). The Morgan fingerprint density at radius 3 is 2.15 bits per heavy atom. The highest BCUT2D eigenvalue weighted by Gasteiger charge is 2.48. The van der Waals surface area contributed by atoms with Gasteiger partial charge in [-0.2, -0.15) is 31.4 Å². The fourth-order valence-corrected chi connectivity index (χ4v) is 5.15. The van der Waals surface area contributed by atoms with Gasteiger partial charge in [0.25, 0.3) is 5.91 Å². The second-order valence-corrected chi connectivity index (χ2v) is 9.68. The first-order chi connectivity index (χ1) is 15.0. The highest BCUT2D eigenvalue weighted by molar-refractivity contribution is 7.92. The molecule has 182 valence electrons. The van der Waals surface area contributed by atoms with E-state index in [1.54, 1.807) is 0 Å². The van der Waals surface area contributed by atoms with Crippen LogP contribution in [0.3, 0.4) is 0 Å². The number of nitrogens with one attached hydrogen (secondary N) is 2. The molecule has 2 N–H and O–H groups in total. The Hall–Kier alpha value is -2.71. The lowest BCUT2D eigenvalue weighted by Gasteiger charge is -2.33. The molecule has 1 heterocycles. The molecule has 1 fully saturated rings. The fraction of sp³-hybridized carbons (Fsp3) is 0.444. The van der Waals surface area contributed by atoms with Gasteiger partial charge in [0.15, 0.2) is 5.69 Å². The summed E-state index contributed by atoms with van der Waals surface area (Å²) in [5, 5.41) is 4.16. The normalized spacial score (nSPS) is 22.2. The third-order valence-electron chi connectivity index (χ3n) is 5.17. The molecule has 1 aliphatic carbocycles. The SMILES string of the molecule is O=C(N[C@H]1CC[C@@](F)(S(=O)(=O)c2cc(F)cc(C(F)(F)F)c2)CC1)c1cc(C(F)(F)F)n[nH]1. The van der Waals surface area contributed by atoms with Crippen LogP contribution in [0.25, 0.3) is 0 Å². The maximum absolute atomic E-state index is 15.3. The van der Waals surface area contributed by atoms with Crippen LogP contribution in [0.15, 0.2) is 29.2 Å². The zero-order chi connectivity index (χ0) is 24.8. The Kier molecular flexibility index (Phi) is 6.23. The third kappa shape index (κ3) is 5.12. The van der Waals surface area contributed by atoms with Crippen molar-refractivity contribution in [3.63, 3.8) is 0 Å². The molecule has 0 atom stereocenters. The molecule has 0 spiro atoms. The Morgan fingerprint density at radius 2 is 1.64 bits per heavy atom. The molecular weight excluding hydrogens is 490 g/mol. The summed E-state index contributed by atoms with van der Waals surface area (Å²) in [6.07, 6.45) is -11.9. The number of aromatic amines is 1. The van der Waals surface area contributed by atoms with Gasteiger partial charge in [0.2, 0.25) is 14.8 Å². The Bertz CT molecular complexity index is 1150. The summed E-state index contributed by atoms with van der Waals surface area (Å²) in [4.78, 5) is 10.9. The van der Waals surface area contributed by atoms with E-state index in [0.717, 1.165) is 0 Å². The minimum atomic E-state index is -5.06. The lowest BCUT2D eigenvalue weighted by atomic mass is 9.93. The van der Waals surface area contributed by atoms with Gasteiger partial charge in [-0.05, 0) is 43.9 Å². The minimum absolute atomic E-state index is 0.0794. The second-order valence-electron chi connectivity index (χ2n) is 7.47. The molecule has 0 bridgehead atoms. The number of hydrogen-bond acceptors (Lipinski definition) is 4. The van der Waals surface area contributed by atoms with Crippen LogP contribution in [0, 0.1) is 5.82 Å². The number of sulfone groups is 1. The average molecular weight is 505 g/mol. The molecule has 1 aliphatic rings. The number of alkyl halides is 7. The van der Waals surface area contributed by atoms with Crippen molar-refractivity contribution in [1.29, 1.82) is 0 Å². The number of nitrogens with zero attached hydrogens (tertiary/aromatic N) is 1. The number of carbonyl (C=O) groups excluding carboxylic acids is 1. The molecule has 0 radical (unpaired) electrons. The Labute approximate surface area is 181 Å². The van der Waals surface area contributed by atoms with Gasteiger partial charge in [0.1, 0.15) is 11.5 Å². The molecule has 15 heteroatoms. The van der Waals surface area contributed by atoms with Gasteiger partial charge in [0, 0.05) is 12.1 Å². The van der Waals surface area contributed by atoms with Crippen LogP contribution in [0.2, 0.25) is 0 Å². The molecule has 2 aromatic rings. The topological polar surface area (TPSA) is 91.9 Å². The number of hydrogen-bond donors (Lipinski definition) is 2. The van der Waals surface area contributed by atoms with Gasteiger partial charge in [-0.1, -0.05) is 0 Å². The summed E-state index contributed by atoms with van der Waals surface area (Å²) in [6.45, 7) is 0. The van der Waals surface area contributed by atoms with E-state index in [0.29, 0.717) is 6.07 Å². The summed E-state index contributed by atoms with van der Waals surface area (Å²) in [6, 6.07) is 0.146. The molecule has 33 heavy (non-hydrogen) atoms. The van der Waals surface area contributed by atoms with E-state index in [2.05, 4.69) is 10.4 Å². The average Bonchev–Trinajstić information content (AvgIpc) is 3.19. The van der Waals surface area contributed by atoms with Gasteiger partial charge >= 0.3 is 12.4 Å². The summed E-state index contributed by atoms with van der Waals surface area (Å²) >= 11 is 0. The van der Waals surface area contributed by atoms with E-state index in [9.17, 15) is 43.9 Å². The van der Waals surface area contributed by atoms with Crippen molar-refractivity contribution in [1.82, 2.24) is 15.5 Å². The van der Waals surface area contributed by atoms with Crippen LogP contribution in [-0.4, -0.2) is 35.6 Å². The van der Waals surface area contributed by atoms with Crippen LogP contribution in [0.4, 0.5) is 35.1 Å². The molecule has 1 amide bonds. The molecule has 1 aromatic carbocycles. The molecule has 1 aromatic heterocycles. The summed E-state index contributed by atoms with van der Waals surface area (Å²) < 4.78 is 131. The van der Waals surface area contributed by atoms with Gasteiger partial charge in [-0.3, -0.25) is 9.89 Å². The van der Waals surface area contributed by atoms with E-state index in [4.69, 9.17) is 0 Å². The zero-order valence-corrected chi connectivity index (χ0v) is 17.1. The Morgan fingerprint density at radius 1 is 1.03 bits per heavy atom. The van der Waals surface area contributed by atoms with Gasteiger partial charge < -0.3 is 5.32 Å². The van der Waals surface area contributed by atoms with Crippen LogP contribution in [0.1, 0.15) is 47.4 Å². The lowest BCUT2D eigenvalue weighted by molar-refractivity contribution is -0.141. The lowest BCUT2D eigenvalue weighted by Crippen LogP contribution is -2.45. The van der Waals surface area contributed by atoms with E-state index < -0.39 is 79.6 Å². The smallest absolute Gasteiger partial charge is 0.348 e. The molecular formula is C18H15F8N3O3S. The monoisotopic (exact) mass is 505 g/mol. The molecule has 0 saturated heterocycles. The van der Waals surface area contributed by atoms with Crippen molar-refractivity contribution in [3.05, 3.63) is 47.0 Å².